The van der Waals surface area contributed by atoms with Gasteiger partial charge in [-0.05, 0) is 55.1 Å². The van der Waals surface area contributed by atoms with E-state index in [9.17, 15) is 0 Å². The zero-order valence-corrected chi connectivity index (χ0v) is 20.4. The first-order valence-corrected chi connectivity index (χ1v) is 12.6. The second-order valence-corrected chi connectivity index (χ2v) is 9.97. The Labute approximate surface area is 195 Å². The molecule has 0 unspecified atom stereocenters. The molecule has 2 aromatic rings. The van der Waals surface area contributed by atoms with Gasteiger partial charge in [-0.1, -0.05) is 94.3 Å². The van der Waals surface area contributed by atoms with Crippen molar-refractivity contribution in [2.24, 2.45) is 11.1 Å². The van der Waals surface area contributed by atoms with E-state index in [1.165, 1.54) is 43.2 Å². The molecule has 0 bridgehead atoms. The lowest BCUT2D eigenvalue weighted by atomic mass is 9.63. The molecule has 0 aliphatic heterocycles. The van der Waals surface area contributed by atoms with Crippen LogP contribution >= 0.6 is 0 Å². The normalized spacial score (nSPS) is 28.8. The van der Waals surface area contributed by atoms with Crippen LogP contribution in [-0.4, -0.2) is 17.7 Å². The molecule has 0 amide bonds. The highest BCUT2D eigenvalue weighted by Gasteiger charge is 2.42. The number of hydrogen-bond acceptors (Lipinski definition) is 3. The summed E-state index contributed by atoms with van der Waals surface area (Å²) in [4.78, 5) is 0. The lowest BCUT2D eigenvalue weighted by molar-refractivity contribution is -0.0939. The number of nitrogens with two attached hydrogens (primary N) is 1. The molecule has 2 aliphatic carbocycles. The molecule has 176 valence electrons. The van der Waals surface area contributed by atoms with Crippen LogP contribution in [0, 0.1) is 5.41 Å². The Kier molecular flexibility index (Phi) is 9.34. The predicted octanol–water partition coefficient (Wildman–Crippen LogP) is 7.04. The van der Waals surface area contributed by atoms with Crippen molar-refractivity contribution in [1.82, 2.24) is 0 Å². The van der Waals surface area contributed by atoms with Crippen LogP contribution in [0.1, 0.15) is 83.3 Å². The highest BCUT2D eigenvalue weighted by atomic mass is 16.5. The van der Waals surface area contributed by atoms with E-state index in [2.05, 4.69) is 63.2 Å². The molecule has 2 saturated carbocycles. The lowest BCUT2D eigenvalue weighted by Crippen LogP contribution is -2.54. The van der Waals surface area contributed by atoms with Crippen molar-refractivity contribution in [3.63, 3.8) is 0 Å². The monoisotopic (exact) mass is 437 g/mol. The molecule has 3 heteroatoms. The van der Waals surface area contributed by atoms with Crippen LogP contribution in [0.2, 0.25) is 0 Å². The number of rotatable bonds is 10. The largest absolute Gasteiger partial charge is 0.374 e. The minimum absolute atomic E-state index is 0.0569. The quantitative estimate of drug-likeness (QED) is 0.434. The molecule has 3 nitrogen and oxygen atoms in total. The van der Waals surface area contributed by atoms with Gasteiger partial charge in [-0.25, -0.2) is 0 Å². The average molecular weight is 438 g/mol. The molecule has 2 N–H and O–H groups in total. The minimum Gasteiger partial charge on any atom is -0.374 e. The first-order valence-electron chi connectivity index (χ1n) is 12.6. The lowest BCUT2D eigenvalue weighted by Gasteiger charge is -2.47. The van der Waals surface area contributed by atoms with Gasteiger partial charge in [0, 0.05) is 5.54 Å². The van der Waals surface area contributed by atoms with Crippen molar-refractivity contribution in [2.75, 3.05) is 0 Å². The van der Waals surface area contributed by atoms with E-state index in [-0.39, 0.29) is 5.54 Å². The van der Waals surface area contributed by atoms with Crippen LogP contribution in [0.25, 0.3) is 0 Å². The van der Waals surface area contributed by atoms with Crippen LogP contribution in [0.5, 0.6) is 0 Å². The fourth-order valence-electron chi connectivity index (χ4n) is 5.05. The van der Waals surface area contributed by atoms with Gasteiger partial charge in [0.2, 0.25) is 0 Å². The third-order valence-corrected chi connectivity index (χ3v) is 7.48. The molecular formula is C29H43NO2. The van der Waals surface area contributed by atoms with E-state index in [4.69, 9.17) is 15.2 Å². The zero-order valence-electron chi connectivity index (χ0n) is 20.4. The van der Waals surface area contributed by atoms with Gasteiger partial charge in [0.05, 0.1) is 25.4 Å². The Bertz CT molecular complexity index is 764. The predicted molar refractivity (Wildman–Crippen MR) is 133 cm³/mol. The van der Waals surface area contributed by atoms with Crippen molar-refractivity contribution < 1.29 is 9.47 Å². The van der Waals surface area contributed by atoms with Gasteiger partial charge in [0.1, 0.15) is 0 Å². The van der Waals surface area contributed by atoms with E-state index >= 15 is 0 Å². The second-order valence-electron chi connectivity index (χ2n) is 9.97. The maximum Gasteiger partial charge on any atom is 0.0720 e. The van der Waals surface area contributed by atoms with Gasteiger partial charge >= 0.3 is 0 Å². The summed E-state index contributed by atoms with van der Waals surface area (Å²) >= 11 is 0. The molecule has 0 spiro atoms. The molecule has 0 aromatic heterocycles. The maximum absolute atomic E-state index is 6.08. The highest BCUT2D eigenvalue weighted by Crippen LogP contribution is 2.49. The molecule has 4 rings (SSSR count). The summed E-state index contributed by atoms with van der Waals surface area (Å²) in [5, 5.41) is 0. The van der Waals surface area contributed by atoms with E-state index in [1.54, 1.807) is 0 Å². The Morgan fingerprint density at radius 2 is 1.19 bits per heavy atom. The number of benzene rings is 2. The second kappa shape index (κ2) is 12.0. The SMILES string of the molecule is CCC1(N)CC(OCc2ccccc2)C1.CCCC1(CC)CC(OCc2ccccc2)C1. The van der Waals surface area contributed by atoms with Gasteiger partial charge in [0.15, 0.2) is 0 Å². The Morgan fingerprint density at radius 1 is 0.719 bits per heavy atom. The minimum atomic E-state index is 0.0569. The third kappa shape index (κ3) is 7.16. The summed E-state index contributed by atoms with van der Waals surface area (Å²) in [6.07, 6.45) is 10.5. The highest BCUT2D eigenvalue weighted by molar-refractivity contribution is 5.14. The molecule has 2 aromatic carbocycles. The molecule has 2 fully saturated rings. The van der Waals surface area contributed by atoms with Crippen LogP contribution in [0.4, 0.5) is 0 Å². The topological polar surface area (TPSA) is 44.5 Å². The molecular weight excluding hydrogens is 394 g/mol. The summed E-state index contributed by atoms with van der Waals surface area (Å²) in [6.45, 7) is 8.24. The zero-order chi connectivity index (χ0) is 22.9. The van der Waals surface area contributed by atoms with E-state index < -0.39 is 0 Å². The molecule has 0 radical (unpaired) electrons. The summed E-state index contributed by atoms with van der Waals surface area (Å²) in [6, 6.07) is 20.8. The molecule has 0 atom stereocenters. The fourth-order valence-corrected chi connectivity index (χ4v) is 5.05. The Balaban J connectivity index is 0.000000182. The van der Waals surface area contributed by atoms with E-state index in [0.717, 1.165) is 25.9 Å². The van der Waals surface area contributed by atoms with Gasteiger partial charge in [-0.15, -0.1) is 0 Å². The summed E-state index contributed by atoms with van der Waals surface area (Å²) in [7, 11) is 0. The molecule has 0 heterocycles. The van der Waals surface area contributed by atoms with Gasteiger partial charge < -0.3 is 15.2 Å². The fraction of sp³-hybridized carbons (Fsp3) is 0.586. The van der Waals surface area contributed by atoms with Crippen molar-refractivity contribution in [3.8, 4) is 0 Å². The number of ether oxygens (including phenoxy) is 2. The van der Waals surface area contributed by atoms with Crippen LogP contribution in [0.15, 0.2) is 60.7 Å². The first-order chi connectivity index (χ1) is 15.5. The van der Waals surface area contributed by atoms with Gasteiger partial charge in [-0.3, -0.25) is 0 Å². The van der Waals surface area contributed by atoms with Gasteiger partial charge in [0.25, 0.3) is 0 Å². The first kappa shape index (κ1) is 25.0. The van der Waals surface area contributed by atoms with Crippen molar-refractivity contribution in [3.05, 3.63) is 71.8 Å². The molecule has 2 aliphatic rings. The smallest absolute Gasteiger partial charge is 0.0720 e. The van der Waals surface area contributed by atoms with E-state index in [1.807, 2.05) is 18.2 Å². The summed E-state index contributed by atoms with van der Waals surface area (Å²) in [5.74, 6) is 0. The van der Waals surface area contributed by atoms with Gasteiger partial charge in [-0.2, -0.15) is 0 Å². The Hall–Kier alpha value is -1.68. The summed E-state index contributed by atoms with van der Waals surface area (Å²) in [5.41, 5.74) is 9.27. The summed E-state index contributed by atoms with van der Waals surface area (Å²) < 4.78 is 11.7. The van der Waals surface area contributed by atoms with Crippen LogP contribution in [-0.2, 0) is 22.7 Å². The molecule has 0 saturated heterocycles. The maximum atomic E-state index is 6.08. The van der Waals surface area contributed by atoms with E-state index in [0.29, 0.717) is 24.2 Å². The van der Waals surface area contributed by atoms with Crippen LogP contribution in [0.3, 0.4) is 0 Å². The standard InChI is InChI=1S/C16H24O.C13H19NO/c1-3-10-16(4-2)11-15(12-16)17-13-14-8-6-5-7-9-14;1-2-13(14)8-12(9-13)15-10-11-6-4-3-5-7-11/h5-9,15H,3-4,10-13H2,1-2H3;3-7,12H,2,8-10,14H2,1H3. The van der Waals surface area contributed by atoms with Crippen molar-refractivity contribution >= 4 is 0 Å². The Morgan fingerprint density at radius 3 is 1.59 bits per heavy atom. The van der Waals surface area contributed by atoms with Crippen molar-refractivity contribution in [1.29, 1.82) is 0 Å². The molecule has 32 heavy (non-hydrogen) atoms. The average Bonchev–Trinajstić information content (AvgIpc) is 2.79. The van der Waals surface area contributed by atoms with Crippen molar-refractivity contribution in [2.45, 2.75) is 103 Å². The number of hydrogen-bond donors (Lipinski definition) is 1. The van der Waals surface area contributed by atoms with Crippen LogP contribution < -0.4 is 5.73 Å². The third-order valence-electron chi connectivity index (χ3n) is 7.48.